The maximum Gasteiger partial charge on any atom is 0.0632 e. The van der Waals surface area contributed by atoms with Gasteiger partial charge in [-0.15, -0.1) is 11.8 Å². The van der Waals surface area contributed by atoms with Gasteiger partial charge in [0.2, 0.25) is 0 Å². The third kappa shape index (κ3) is 3.90. The van der Waals surface area contributed by atoms with Gasteiger partial charge in [-0.3, -0.25) is 0 Å². The zero-order chi connectivity index (χ0) is 13.8. The van der Waals surface area contributed by atoms with Crippen molar-refractivity contribution in [2.45, 2.75) is 23.6 Å². The summed E-state index contributed by atoms with van der Waals surface area (Å²) in [5.41, 5.74) is 8.02. The Morgan fingerprint density at radius 1 is 1.11 bits per heavy atom. The average molecular weight is 312 g/mol. The molecule has 0 saturated carbocycles. The van der Waals surface area contributed by atoms with Crippen LogP contribution in [0.1, 0.15) is 24.1 Å². The minimum absolute atomic E-state index is 0.0708. The summed E-state index contributed by atoms with van der Waals surface area (Å²) in [5, 5.41) is 1.25. The zero-order valence-corrected chi connectivity index (χ0v) is 12.9. The average Bonchev–Trinajstić information content (AvgIpc) is 2.41. The molecule has 0 aliphatic rings. The molecule has 4 heteroatoms. The zero-order valence-electron chi connectivity index (χ0n) is 10.6. The van der Waals surface area contributed by atoms with E-state index in [1.807, 2.05) is 19.1 Å². The maximum atomic E-state index is 6.16. The van der Waals surface area contributed by atoms with Crippen molar-refractivity contribution >= 4 is 35.0 Å². The molecule has 0 spiro atoms. The lowest BCUT2D eigenvalue weighted by Gasteiger charge is -2.08. The fourth-order valence-electron chi connectivity index (χ4n) is 1.69. The van der Waals surface area contributed by atoms with E-state index in [0.29, 0.717) is 10.0 Å². The predicted molar refractivity (Wildman–Crippen MR) is 85.1 cm³/mol. The lowest BCUT2D eigenvalue weighted by atomic mass is 10.1. The van der Waals surface area contributed by atoms with Crippen molar-refractivity contribution in [1.29, 1.82) is 0 Å². The summed E-state index contributed by atoms with van der Waals surface area (Å²) >= 11 is 13.9. The van der Waals surface area contributed by atoms with Gasteiger partial charge in [0.15, 0.2) is 0 Å². The first-order valence-corrected chi connectivity index (χ1v) is 7.73. The molecule has 100 valence electrons. The Labute approximate surface area is 128 Å². The van der Waals surface area contributed by atoms with Crippen molar-refractivity contribution < 1.29 is 0 Å². The van der Waals surface area contributed by atoms with Crippen molar-refractivity contribution in [3.8, 4) is 0 Å². The third-order valence-corrected chi connectivity index (χ3v) is 4.75. The van der Waals surface area contributed by atoms with Crippen LogP contribution in [0.5, 0.6) is 0 Å². The van der Waals surface area contributed by atoms with Crippen LogP contribution in [0.2, 0.25) is 10.0 Å². The molecule has 2 N–H and O–H groups in total. The van der Waals surface area contributed by atoms with Gasteiger partial charge in [0.1, 0.15) is 0 Å². The Morgan fingerprint density at radius 3 is 2.42 bits per heavy atom. The molecule has 19 heavy (non-hydrogen) atoms. The molecular formula is C15H15Cl2NS. The van der Waals surface area contributed by atoms with Crippen LogP contribution in [-0.4, -0.2) is 0 Å². The summed E-state index contributed by atoms with van der Waals surface area (Å²) in [6.07, 6.45) is 0. The van der Waals surface area contributed by atoms with Crippen LogP contribution >= 0.6 is 35.0 Å². The predicted octanol–water partition coefficient (Wildman–Crippen LogP) is 5.31. The highest BCUT2D eigenvalue weighted by Gasteiger charge is 2.05. The van der Waals surface area contributed by atoms with Crippen molar-refractivity contribution in [1.82, 2.24) is 0 Å². The first kappa shape index (κ1) is 14.7. The van der Waals surface area contributed by atoms with E-state index < -0.39 is 0 Å². The van der Waals surface area contributed by atoms with Crippen molar-refractivity contribution in [2.24, 2.45) is 5.73 Å². The Kier molecular flexibility index (Phi) is 5.17. The molecule has 2 rings (SSSR count). The third-order valence-electron chi connectivity index (χ3n) is 2.83. The van der Waals surface area contributed by atoms with Gasteiger partial charge in [0.05, 0.1) is 10.0 Å². The number of hydrogen-bond donors (Lipinski definition) is 1. The van der Waals surface area contributed by atoms with Gasteiger partial charge in [-0.25, -0.2) is 0 Å². The Balaban J connectivity index is 2.04. The first-order valence-electron chi connectivity index (χ1n) is 5.99. The maximum absolute atomic E-state index is 6.16. The van der Waals surface area contributed by atoms with Crippen molar-refractivity contribution in [3.63, 3.8) is 0 Å². The number of hydrogen-bond acceptors (Lipinski definition) is 2. The van der Waals surface area contributed by atoms with E-state index in [2.05, 4.69) is 24.3 Å². The summed E-state index contributed by atoms with van der Waals surface area (Å²) < 4.78 is 0. The van der Waals surface area contributed by atoms with Crippen molar-refractivity contribution in [2.75, 3.05) is 0 Å². The minimum atomic E-state index is 0.0708. The van der Waals surface area contributed by atoms with E-state index in [9.17, 15) is 0 Å². The largest absolute Gasteiger partial charge is 0.324 e. The van der Waals surface area contributed by atoms with E-state index in [1.165, 1.54) is 4.90 Å². The molecule has 2 aromatic carbocycles. The topological polar surface area (TPSA) is 26.0 Å². The molecule has 0 aromatic heterocycles. The molecule has 0 amide bonds. The van der Waals surface area contributed by atoms with Crippen LogP contribution in [0.3, 0.4) is 0 Å². The molecule has 0 aliphatic heterocycles. The first-order chi connectivity index (χ1) is 9.08. The Bertz CT molecular complexity index is 553. The molecule has 1 nitrogen and oxygen atoms in total. The highest BCUT2D eigenvalue weighted by atomic mass is 35.5. The lowest BCUT2D eigenvalue weighted by Crippen LogP contribution is -2.04. The summed E-state index contributed by atoms with van der Waals surface area (Å²) in [5.74, 6) is 0.802. The molecule has 2 aromatic rings. The molecule has 0 saturated heterocycles. The van der Waals surface area contributed by atoms with Crippen LogP contribution in [0.4, 0.5) is 0 Å². The van der Waals surface area contributed by atoms with Gasteiger partial charge in [0.25, 0.3) is 0 Å². The number of thioether (sulfide) groups is 1. The SMILES string of the molecule is CC(N)c1ccc(SCc2cccc(Cl)c2Cl)cc1. The van der Waals surface area contributed by atoms with Gasteiger partial charge in [0, 0.05) is 16.7 Å². The summed E-state index contributed by atoms with van der Waals surface area (Å²) in [4.78, 5) is 1.19. The minimum Gasteiger partial charge on any atom is -0.324 e. The van der Waals surface area contributed by atoms with E-state index >= 15 is 0 Å². The summed E-state index contributed by atoms with van der Waals surface area (Å²) in [6, 6.07) is 14.1. The molecule has 0 heterocycles. The molecule has 1 unspecified atom stereocenters. The second kappa shape index (κ2) is 6.67. The highest BCUT2D eigenvalue weighted by Crippen LogP contribution is 2.31. The highest BCUT2D eigenvalue weighted by molar-refractivity contribution is 7.98. The monoisotopic (exact) mass is 311 g/mol. The number of nitrogens with two attached hydrogens (primary N) is 1. The van der Waals surface area contributed by atoms with Crippen LogP contribution in [0.25, 0.3) is 0 Å². The molecular weight excluding hydrogens is 297 g/mol. The number of rotatable bonds is 4. The second-order valence-electron chi connectivity index (χ2n) is 4.36. The lowest BCUT2D eigenvalue weighted by molar-refractivity contribution is 0.817. The standard InChI is InChI=1S/C15H15Cl2NS/c1-10(18)11-5-7-13(8-6-11)19-9-12-3-2-4-14(16)15(12)17/h2-8,10H,9,18H2,1H3. The van der Waals surface area contributed by atoms with Crippen LogP contribution in [0, 0.1) is 0 Å². The van der Waals surface area contributed by atoms with Crippen LogP contribution < -0.4 is 5.73 Å². The molecule has 0 fully saturated rings. The smallest absolute Gasteiger partial charge is 0.0632 e. The van der Waals surface area contributed by atoms with Gasteiger partial charge in [-0.1, -0.05) is 47.5 Å². The van der Waals surface area contributed by atoms with Gasteiger partial charge < -0.3 is 5.73 Å². The van der Waals surface area contributed by atoms with E-state index in [-0.39, 0.29) is 6.04 Å². The molecule has 0 bridgehead atoms. The van der Waals surface area contributed by atoms with Gasteiger partial charge in [-0.2, -0.15) is 0 Å². The normalized spacial score (nSPS) is 12.4. The van der Waals surface area contributed by atoms with E-state index in [4.69, 9.17) is 28.9 Å². The number of halogens is 2. The van der Waals surface area contributed by atoms with Gasteiger partial charge in [-0.05, 0) is 36.2 Å². The molecule has 0 radical (unpaired) electrons. The Morgan fingerprint density at radius 2 is 1.79 bits per heavy atom. The van der Waals surface area contributed by atoms with E-state index in [1.54, 1.807) is 17.8 Å². The van der Waals surface area contributed by atoms with Gasteiger partial charge >= 0.3 is 0 Å². The van der Waals surface area contributed by atoms with Crippen LogP contribution in [0.15, 0.2) is 47.4 Å². The quantitative estimate of drug-likeness (QED) is 0.775. The molecule has 0 aliphatic carbocycles. The number of benzene rings is 2. The fraction of sp³-hybridized carbons (Fsp3) is 0.200. The summed E-state index contributed by atoms with van der Waals surface area (Å²) in [6.45, 7) is 1.98. The summed E-state index contributed by atoms with van der Waals surface area (Å²) in [7, 11) is 0. The molecule has 1 atom stereocenters. The van der Waals surface area contributed by atoms with Crippen LogP contribution in [-0.2, 0) is 5.75 Å². The Hall–Kier alpha value is -0.670. The second-order valence-corrected chi connectivity index (χ2v) is 6.19. The van der Waals surface area contributed by atoms with E-state index in [0.717, 1.165) is 16.9 Å². The fourth-order valence-corrected chi connectivity index (χ4v) is 3.05. The van der Waals surface area contributed by atoms with Crippen molar-refractivity contribution in [3.05, 3.63) is 63.6 Å².